The van der Waals surface area contributed by atoms with Gasteiger partial charge in [0, 0.05) is 11.6 Å². The SMILES string of the molecule is CCCCOC(=O)C=Cc1ccccc1OCCC. The fourth-order valence-corrected chi connectivity index (χ4v) is 1.48. The molecule has 1 aromatic carbocycles. The summed E-state index contributed by atoms with van der Waals surface area (Å²) in [6.07, 6.45) is 6.06. The molecule has 19 heavy (non-hydrogen) atoms. The molecule has 1 aromatic rings. The summed E-state index contributed by atoms with van der Waals surface area (Å²) < 4.78 is 10.7. The summed E-state index contributed by atoms with van der Waals surface area (Å²) in [4.78, 5) is 11.5. The highest BCUT2D eigenvalue weighted by Crippen LogP contribution is 2.19. The van der Waals surface area contributed by atoms with Gasteiger partial charge >= 0.3 is 5.97 Å². The van der Waals surface area contributed by atoms with Gasteiger partial charge in [-0.15, -0.1) is 0 Å². The van der Waals surface area contributed by atoms with E-state index in [-0.39, 0.29) is 5.97 Å². The summed E-state index contributed by atoms with van der Waals surface area (Å²) in [6, 6.07) is 7.65. The molecule has 104 valence electrons. The molecule has 0 amide bonds. The molecule has 0 aliphatic rings. The second kappa shape index (κ2) is 9.20. The first kappa shape index (κ1) is 15.3. The Morgan fingerprint density at radius 2 is 1.95 bits per heavy atom. The minimum atomic E-state index is -0.307. The predicted octanol–water partition coefficient (Wildman–Crippen LogP) is 3.83. The molecule has 0 saturated carbocycles. The van der Waals surface area contributed by atoms with Crippen LogP contribution in [0.2, 0.25) is 0 Å². The fraction of sp³-hybridized carbons (Fsp3) is 0.438. The number of hydrogen-bond donors (Lipinski definition) is 0. The van der Waals surface area contributed by atoms with Crippen LogP contribution < -0.4 is 4.74 Å². The fourth-order valence-electron chi connectivity index (χ4n) is 1.48. The number of unbranched alkanes of at least 4 members (excludes halogenated alkanes) is 1. The van der Waals surface area contributed by atoms with Crippen LogP contribution in [-0.2, 0) is 9.53 Å². The topological polar surface area (TPSA) is 35.5 Å². The normalized spacial score (nSPS) is 10.6. The van der Waals surface area contributed by atoms with Crippen molar-refractivity contribution in [3.63, 3.8) is 0 Å². The van der Waals surface area contributed by atoms with Crippen LogP contribution >= 0.6 is 0 Å². The van der Waals surface area contributed by atoms with Gasteiger partial charge in [0.25, 0.3) is 0 Å². The molecule has 0 N–H and O–H groups in total. The number of hydrogen-bond acceptors (Lipinski definition) is 3. The molecule has 0 aliphatic carbocycles. The molecular formula is C16H22O3. The average molecular weight is 262 g/mol. The number of esters is 1. The molecule has 0 radical (unpaired) electrons. The van der Waals surface area contributed by atoms with Crippen molar-refractivity contribution in [2.24, 2.45) is 0 Å². The zero-order valence-electron chi connectivity index (χ0n) is 11.7. The maximum atomic E-state index is 11.5. The molecule has 0 aliphatic heterocycles. The minimum Gasteiger partial charge on any atom is -0.493 e. The molecule has 1 rings (SSSR count). The van der Waals surface area contributed by atoms with Crippen molar-refractivity contribution in [2.45, 2.75) is 33.1 Å². The third-order valence-electron chi connectivity index (χ3n) is 2.52. The molecule has 0 aromatic heterocycles. The molecule has 0 unspecified atom stereocenters. The quantitative estimate of drug-likeness (QED) is 0.406. The van der Waals surface area contributed by atoms with Crippen molar-refractivity contribution in [3.05, 3.63) is 35.9 Å². The van der Waals surface area contributed by atoms with Gasteiger partial charge in [-0.3, -0.25) is 0 Å². The summed E-state index contributed by atoms with van der Waals surface area (Å²) in [5.74, 6) is 0.487. The van der Waals surface area contributed by atoms with Gasteiger partial charge in [0.15, 0.2) is 0 Å². The highest BCUT2D eigenvalue weighted by atomic mass is 16.5. The maximum absolute atomic E-state index is 11.5. The number of rotatable bonds is 8. The molecule has 0 heterocycles. The van der Waals surface area contributed by atoms with E-state index >= 15 is 0 Å². The zero-order chi connectivity index (χ0) is 13.9. The monoisotopic (exact) mass is 262 g/mol. The predicted molar refractivity (Wildman–Crippen MR) is 77.1 cm³/mol. The van der Waals surface area contributed by atoms with E-state index in [9.17, 15) is 4.79 Å². The van der Waals surface area contributed by atoms with Crippen LogP contribution in [0.25, 0.3) is 6.08 Å². The maximum Gasteiger partial charge on any atom is 0.330 e. The van der Waals surface area contributed by atoms with Crippen LogP contribution in [0, 0.1) is 0 Å². The highest BCUT2D eigenvalue weighted by Gasteiger charge is 2.01. The summed E-state index contributed by atoms with van der Waals surface area (Å²) in [5, 5.41) is 0. The molecule has 3 heteroatoms. The molecular weight excluding hydrogens is 240 g/mol. The van der Waals surface area contributed by atoms with Gasteiger partial charge in [-0.05, 0) is 25.0 Å². The Morgan fingerprint density at radius 1 is 1.16 bits per heavy atom. The van der Waals surface area contributed by atoms with E-state index in [4.69, 9.17) is 9.47 Å². The van der Waals surface area contributed by atoms with Crippen molar-refractivity contribution in [1.82, 2.24) is 0 Å². The lowest BCUT2D eigenvalue weighted by Gasteiger charge is -2.07. The molecule has 3 nitrogen and oxygen atoms in total. The van der Waals surface area contributed by atoms with Crippen LogP contribution in [0.4, 0.5) is 0 Å². The van der Waals surface area contributed by atoms with E-state index in [1.165, 1.54) is 6.08 Å². The number of carbonyl (C=O) groups is 1. The first-order valence-corrected chi connectivity index (χ1v) is 6.84. The van der Waals surface area contributed by atoms with E-state index in [1.54, 1.807) is 6.08 Å². The number of carbonyl (C=O) groups excluding carboxylic acids is 1. The Labute approximate surface area is 115 Å². The second-order valence-corrected chi connectivity index (χ2v) is 4.24. The Morgan fingerprint density at radius 3 is 2.68 bits per heavy atom. The lowest BCUT2D eigenvalue weighted by Crippen LogP contribution is -2.02. The van der Waals surface area contributed by atoms with Crippen LogP contribution in [0.3, 0.4) is 0 Å². The number of benzene rings is 1. The van der Waals surface area contributed by atoms with Crippen molar-refractivity contribution in [3.8, 4) is 5.75 Å². The summed E-state index contributed by atoms with van der Waals surface area (Å²) >= 11 is 0. The lowest BCUT2D eigenvalue weighted by molar-refractivity contribution is -0.137. The number of ether oxygens (including phenoxy) is 2. The van der Waals surface area contributed by atoms with Gasteiger partial charge < -0.3 is 9.47 Å². The van der Waals surface area contributed by atoms with Gasteiger partial charge in [-0.2, -0.15) is 0 Å². The van der Waals surface area contributed by atoms with E-state index < -0.39 is 0 Å². The van der Waals surface area contributed by atoms with Crippen LogP contribution in [0.15, 0.2) is 30.3 Å². The summed E-state index contributed by atoms with van der Waals surface area (Å²) in [7, 11) is 0. The molecule has 0 atom stereocenters. The van der Waals surface area contributed by atoms with E-state index in [1.807, 2.05) is 24.3 Å². The minimum absolute atomic E-state index is 0.307. The Bertz CT molecular complexity index is 410. The summed E-state index contributed by atoms with van der Waals surface area (Å²) in [5.41, 5.74) is 0.892. The Balaban J connectivity index is 2.57. The number of para-hydroxylation sites is 1. The zero-order valence-corrected chi connectivity index (χ0v) is 11.7. The van der Waals surface area contributed by atoms with Gasteiger partial charge in [-0.1, -0.05) is 38.5 Å². The first-order valence-electron chi connectivity index (χ1n) is 6.84. The smallest absolute Gasteiger partial charge is 0.330 e. The lowest BCUT2D eigenvalue weighted by atomic mass is 10.2. The third kappa shape index (κ3) is 6.09. The van der Waals surface area contributed by atoms with Gasteiger partial charge in [0.05, 0.1) is 13.2 Å². The summed E-state index contributed by atoms with van der Waals surface area (Å²) in [6.45, 7) is 5.27. The molecule has 0 spiro atoms. The largest absolute Gasteiger partial charge is 0.493 e. The van der Waals surface area contributed by atoms with E-state index in [2.05, 4.69) is 13.8 Å². The van der Waals surface area contributed by atoms with Crippen LogP contribution in [0.1, 0.15) is 38.7 Å². The van der Waals surface area contributed by atoms with E-state index in [0.29, 0.717) is 13.2 Å². The first-order chi connectivity index (χ1) is 9.27. The molecule has 0 fully saturated rings. The van der Waals surface area contributed by atoms with Gasteiger partial charge in [-0.25, -0.2) is 4.79 Å². The second-order valence-electron chi connectivity index (χ2n) is 4.24. The highest BCUT2D eigenvalue weighted by molar-refractivity contribution is 5.87. The van der Waals surface area contributed by atoms with Crippen LogP contribution in [-0.4, -0.2) is 19.2 Å². The van der Waals surface area contributed by atoms with Crippen molar-refractivity contribution < 1.29 is 14.3 Å². The third-order valence-corrected chi connectivity index (χ3v) is 2.52. The van der Waals surface area contributed by atoms with Crippen molar-refractivity contribution >= 4 is 12.0 Å². The van der Waals surface area contributed by atoms with Gasteiger partial charge in [0.2, 0.25) is 0 Å². The Kier molecular flexibility index (Phi) is 7.40. The van der Waals surface area contributed by atoms with Crippen molar-refractivity contribution in [1.29, 1.82) is 0 Å². The molecule has 0 saturated heterocycles. The van der Waals surface area contributed by atoms with Crippen LogP contribution in [0.5, 0.6) is 5.75 Å². The molecule has 0 bridgehead atoms. The average Bonchev–Trinajstić information content (AvgIpc) is 2.44. The van der Waals surface area contributed by atoms with E-state index in [0.717, 1.165) is 30.6 Å². The Hall–Kier alpha value is -1.77. The van der Waals surface area contributed by atoms with Crippen molar-refractivity contribution in [2.75, 3.05) is 13.2 Å². The standard InChI is InChI=1S/C16H22O3/c1-3-5-13-19-16(17)11-10-14-8-6-7-9-15(14)18-12-4-2/h6-11H,3-5,12-13H2,1-2H3. The van der Waals surface area contributed by atoms with Gasteiger partial charge in [0.1, 0.15) is 5.75 Å².